The molecule has 2 fully saturated rings. The molecule has 0 amide bonds. The summed E-state index contributed by atoms with van der Waals surface area (Å²) < 4.78 is 0. The standard InChI is InChI=1S/C15H24N2S/c1-10-6-14(11(2)18-10)15(7-16)17-8-12-4-3-5-13(12)9-17/h6,12-13,15H,3-5,7-9,16H2,1-2H3. The molecule has 18 heavy (non-hydrogen) atoms. The number of fused-ring (bicyclic) bond motifs is 1. The van der Waals surface area contributed by atoms with Crippen LogP contribution >= 0.6 is 11.3 Å². The van der Waals surface area contributed by atoms with Crippen molar-refractivity contribution in [2.75, 3.05) is 19.6 Å². The Morgan fingerprint density at radius 2 is 2.00 bits per heavy atom. The summed E-state index contributed by atoms with van der Waals surface area (Å²) in [6.07, 6.45) is 4.34. The minimum atomic E-state index is 0.459. The summed E-state index contributed by atoms with van der Waals surface area (Å²) in [6, 6.07) is 2.81. The van der Waals surface area contributed by atoms with Crippen molar-refractivity contribution in [1.29, 1.82) is 0 Å². The van der Waals surface area contributed by atoms with E-state index in [2.05, 4.69) is 24.8 Å². The number of thiophene rings is 1. The van der Waals surface area contributed by atoms with E-state index in [1.807, 2.05) is 11.3 Å². The summed E-state index contributed by atoms with van der Waals surface area (Å²) in [4.78, 5) is 5.53. The topological polar surface area (TPSA) is 29.3 Å². The minimum Gasteiger partial charge on any atom is -0.329 e. The van der Waals surface area contributed by atoms with Crippen LogP contribution in [0, 0.1) is 25.7 Å². The lowest BCUT2D eigenvalue weighted by Crippen LogP contribution is -2.32. The summed E-state index contributed by atoms with van der Waals surface area (Å²) >= 11 is 1.91. The normalized spacial score (nSPS) is 29.7. The highest BCUT2D eigenvalue weighted by Crippen LogP contribution is 2.41. The van der Waals surface area contributed by atoms with Gasteiger partial charge in [0.25, 0.3) is 0 Å². The molecular formula is C15H24N2S. The molecule has 1 aliphatic carbocycles. The van der Waals surface area contributed by atoms with Gasteiger partial charge in [-0.3, -0.25) is 4.90 Å². The van der Waals surface area contributed by atoms with Crippen molar-refractivity contribution >= 4 is 11.3 Å². The summed E-state index contributed by atoms with van der Waals surface area (Å²) in [6.45, 7) is 7.76. The van der Waals surface area contributed by atoms with Crippen LogP contribution in [-0.2, 0) is 0 Å². The summed E-state index contributed by atoms with van der Waals surface area (Å²) in [7, 11) is 0. The van der Waals surface area contributed by atoms with E-state index in [9.17, 15) is 0 Å². The van der Waals surface area contributed by atoms with Crippen molar-refractivity contribution in [2.24, 2.45) is 17.6 Å². The number of nitrogens with zero attached hydrogens (tertiary/aromatic N) is 1. The summed E-state index contributed by atoms with van der Waals surface area (Å²) in [5, 5.41) is 0. The zero-order valence-corrected chi connectivity index (χ0v) is 12.3. The molecule has 2 nitrogen and oxygen atoms in total. The Labute approximate surface area is 114 Å². The molecule has 0 radical (unpaired) electrons. The Morgan fingerprint density at radius 3 is 2.50 bits per heavy atom. The molecule has 0 spiro atoms. The Kier molecular flexibility index (Phi) is 3.48. The van der Waals surface area contributed by atoms with Crippen molar-refractivity contribution < 1.29 is 0 Å². The third-order valence-electron chi connectivity index (χ3n) is 4.86. The third-order valence-corrected chi connectivity index (χ3v) is 5.84. The number of aryl methyl sites for hydroxylation is 2. The molecule has 1 aromatic heterocycles. The van der Waals surface area contributed by atoms with Gasteiger partial charge in [0, 0.05) is 35.4 Å². The first-order chi connectivity index (χ1) is 8.69. The van der Waals surface area contributed by atoms with Gasteiger partial charge in [-0.05, 0) is 50.2 Å². The van der Waals surface area contributed by atoms with Gasteiger partial charge < -0.3 is 5.73 Å². The Hall–Kier alpha value is -0.380. The summed E-state index contributed by atoms with van der Waals surface area (Å²) in [5.74, 6) is 1.91. The average molecular weight is 264 g/mol. The molecule has 1 saturated carbocycles. The minimum absolute atomic E-state index is 0.459. The maximum Gasteiger partial charge on any atom is 0.0481 e. The average Bonchev–Trinajstić information content (AvgIpc) is 2.95. The van der Waals surface area contributed by atoms with Crippen LogP contribution in [0.15, 0.2) is 6.07 Å². The molecule has 2 aliphatic rings. The molecule has 0 bridgehead atoms. The van der Waals surface area contributed by atoms with E-state index >= 15 is 0 Å². The van der Waals surface area contributed by atoms with Gasteiger partial charge in [0.05, 0.1) is 0 Å². The van der Waals surface area contributed by atoms with Crippen LogP contribution in [0.4, 0.5) is 0 Å². The van der Waals surface area contributed by atoms with Crippen molar-refractivity contribution in [2.45, 2.75) is 39.2 Å². The highest BCUT2D eigenvalue weighted by Gasteiger charge is 2.39. The van der Waals surface area contributed by atoms with Gasteiger partial charge >= 0.3 is 0 Å². The van der Waals surface area contributed by atoms with Crippen LogP contribution in [0.5, 0.6) is 0 Å². The van der Waals surface area contributed by atoms with Crippen molar-refractivity contribution in [3.63, 3.8) is 0 Å². The van der Waals surface area contributed by atoms with E-state index in [4.69, 9.17) is 5.73 Å². The number of nitrogens with two attached hydrogens (primary N) is 1. The van der Waals surface area contributed by atoms with Crippen LogP contribution in [0.1, 0.15) is 40.6 Å². The third kappa shape index (κ3) is 2.13. The molecule has 3 unspecified atom stereocenters. The van der Waals surface area contributed by atoms with E-state index in [0.717, 1.165) is 18.4 Å². The molecule has 0 aromatic carbocycles. The molecular weight excluding hydrogens is 240 g/mol. The largest absolute Gasteiger partial charge is 0.329 e. The highest BCUT2D eigenvalue weighted by atomic mass is 32.1. The first-order valence-corrected chi connectivity index (χ1v) is 8.01. The second-order valence-corrected chi connectivity index (χ2v) is 7.49. The van der Waals surface area contributed by atoms with Gasteiger partial charge in [0.2, 0.25) is 0 Å². The van der Waals surface area contributed by atoms with Gasteiger partial charge in [-0.25, -0.2) is 0 Å². The van der Waals surface area contributed by atoms with Crippen LogP contribution in [0.3, 0.4) is 0 Å². The lowest BCUT2D eigenvalue weighted by atomic mass is 10.0. The van der Waals surface area contributed by atoms with Crippen LogP contribution < -0.4 is 5.73 Å². The number of hydrogen-bond acceptors (Lipinski definition) is 3. The van der Waals surface area contributed by atoms with Gasteiger partial charge in [-0.15, -0.1) is 11.3 Å². The molecule has 3 rings (SSSR count). The first-order valence-electron chi connectivity index (χ1n) is 7.20. The maximum atomic E-state index is 6.08. The molecule has 3 heteroatoms. The predicted molar refractivity (Wildman–Crippen MR) is 78.0 cm³/mol. The maximum absolute atomic E-state index is 6.08. The molecule has 1 saturated heterocycles. The van der Waals surface area contributed by atoms with Crippen LogP contribution in [0.2, 0.25) is 0 Å². The zero-order valence-electron chi connectivity index (χ0n) is 11.5. The van der Waals surface area contributed by atoms with Crippen LogP contribution in [-0.4, -0.2) is 24.5 Å². The lowest BCUT2D eigenvalue weighted by Gasteiger charge is -2.27. The molecule has 3 atom stereocenters. The van der Waals surface area contributed by atoms with Crippen molar-refractivity contribution in [1.82, 2.24) is 4.90 Å². The lowest BCUT2D eigenvalue weighted by molar-refractivity contribution is 0.231. The first kappa shape index (κ1) is 12.6. The predicted octanol–water partition coefficient (Wildman–Crippen LogP) is 3.10. The van der Waals surface area contributed by atoms with Gasteiger partial charge in [0.15, 0.2) is 0 Å². The Bertz CT molecular complexity index is 414. The monoisotopic (exact) mass is 264 g/mol. The van der Waals surface area contributed by atoms with Crippen molar-refractivity contribution in [3.05, 3.63) is 21.4 Å². The quantitative estimate of drug-likeness (QED) is 0.909. The number of hydrogen-bond donors (Lipinski definition) is 1. The van der Waals surface area contributed by atoms with Crippen LogP contribution in [0.25, 0.3) is 0 Å². The van der Waals surface area contributed by atoms with Gasteiger partial charge in [-0.1, -0.05) is 6.42 Å². The van der Waals surface area contributed by atoms with E-state index in [0.29, 0.717) is 6.04 Å². The fraction of sp³-hybridized carbons (Fsp3) is 0.733. The SMILES string of the molecule is Cc1cc(C(CN)N2CC3CCCC3C2)c(C)s1. The molecule has 1 aromatic rings. The molecule has 1 aliphatic heterocycles. The molecule has 2 N–H and O–H groups in total. The fourth-order valence-electron chi connectivity index (χ4n) is 3.98. The smallest absolute Gasteiger partial charge is 0.0481 e. The fourth-order valence-corrected chi connectivity index (χ4v) is 4.96. The van der Waals surface area contributed by atoms with Gasteiger partial charge in [-0.2, -0.15) is 0 Å². The van der Waals surface area contributed by atoms with Gasteiger partial charge in [0.1, 0.15) is 0 Å². The highest BCUT2D eigenvalue weighted by molar-refractivity contribution is 7.12. The van der Waals surface area contributed by atoms with Crippen molar-refractivity contribution in [3.8, 4) is 0 Å². The Morgan fingerprint density at radius 1 is 1.33 bits per heavy atom. The second-order valence-electron chi connectivity index (χ2n) is 6.03. The Balaban J connectivity index is 1.79. The van der Waals surface area contributed by atoms with E-state index in [1.54, 1.807) is 0 Å². The number of rotatable bonds is 3. The molecule has 100 valence electrons. The molecule has 2 heterocycles. The van der Waals surface area contributed by atoms with E-state index in [-0.39, 0.29) is 0 Å². The number of likely N-dealkylation sites (tertiary alicyclic amines) is 1. The summed E-state index contributed by atoms with van der Waals surface area (Å²) in [5.41, 5.74) is 7.56. The van der Waals surface area contributed by atoms with E-state index < -0.39 is 0 Å². The van der Waals surface area contributed by atoms with E-state index in [1.165, 1.54) is 47.7 Å². The second kappa shape index (κ2) is 4.95. The zero-order chi connectivity index (χ0) is 12.7.